The zero-order chi connectivity index (χ0) is 22.0. The number of fused-ring (bicyclic) bond motifs is 1. The number of hydrogen-bond donors (Lipinski definition) is 1. The molecule has 1 aromatic carbocycles. The Bertz CT molecular complexity index is 1130. The SMILES string of the molecule is CCOC(=O)c1ccc(CNC(=O)C2CCCN2c2nc(C)c3cc(F)ccc3n2)o1. The van der Waals surface area contributed by atoms with Gasteiger partial charge in [-0.1, -0.05) is 0 Å². The molecule has 1 atom stereocenters. The molecule has 4 rings (SSSR count). The van der Waals surface area contributed by atoms with E-state index in [9.17, 15) is 14.0 Å². The molecule has 1 fully saturated rings. The number of hydrogen-bond acceptors (Lipinski definition) is 7. The number of esters is 1. The summed E-state index contributed by atoms with van der Waals surface area (Å²) in [6, 6.07) is 7.13. The number of benzene rings is 1. The van der Waals surface area contributed by atoms with E-state index in [1.54, 1.807) is 26.0 Å². The third kappa shape index (κ3) is 4.35. The van der Waals surface area contributed by atoms with Gasteiger partial charge < -0.3 is 19.4 Å². The Labute approximate surface area is 178 Å². The molecule has 9 heteroatoms. The third-order valence-corrected chi connectivity index (χ3v) is 5.22. The number of aromatic nitrogens is 2. The van der Waals surface area contributed by atoms with Crippen LogP contribution in [-0.4, -0.2) is 41.0 Å². The number of rotatable bonds is 6. The molecule has 2 aromatic heterocycles. The third-order valence-electron chi connectivity index (χ3n) is 5.22. The maximum atomic E-state index is 13.5. The second kappa shape index (κ2) is 8.71. The molecular formula is C22H23FN4O4. The Kier molecular flexibility index (Phi) is 5.83. The molecule has 1 aliphatic heterocycles. The van der Waals surface area contributed by atoms with Crippen LogP contribution in [0.25, 0.3) is 10.9 Å². The highest BCUT2D eigenvalue weighted by Crippen LogP contribution is 2.26. The van der Waals surface area contributed by atoms with E-state index in [2.05, 4.69) is 15.3 Å². The number of halogens is 1. The van der Waals surface area contributed by atoms with Gasteiger partial charge in [0, 0.05) is 11.9 Å². The molecule has 1 amide bonds. The smallest absolute Gasteiger partial charge is 0.374 e. The topological polar surface area (TPSA) is 97.6 Å². The number of aryl methyl sites for hydroxylation is 1. The van der Waals surface area contributed by atoms with E-state index in [0.29, 0.717) is 41.3 Å². The highest BCUT2D eigenvalue weighted by Gasteiger charge is 2.33. The number of carbonyl (C=O) groups excluding carboxylic acids is 2. The predicted octanol–water partition coefficient (Wildman–Crippen LogP) is 3.13. The lowest BCUT2D eigenvalue weighted by Gasteiger charge is -2.24. The van der Waals surface area contributed by atoms with Crippen LogP contribution in [-0.2, 0) is 16.1 Å². The molecule has 0 radical (unpaired) electrons. The second-order valence-corrected chi connectivity index (χ2v) is 7.33. The standard InChI is InChI=1S/C22H23FN4O4/c1-3-30-21(29)19-9-7-15(31-19)12-24-20(28)18-5-4-10-27(18)22-25-13(2)16-11-14(23)6-8-17(16)26-22/h6-9,11,18H,3-5,10,12H2,1-2H3,(H,24,28). The zero-order valence-corrected chi connectivity index (χ0v) is 17.4. The van der Waals surface area contributed by atoms with Crippen molar-refractivity contribution in [2.75, 3.05) is 18.1 Å². The van der Waals surface area contributed by atoms with Crippen molar-refractivity contribution in [3.8, 4) is 0 Å². The number of nitrogens with one attached hydrogen (secondary N) is 1. The highest BCUT2D eigenvalue weighted by molar-refractivity contribution is 5.87. The first-order valence-corrected chi connectivity index (χ1v) is 10.2. The normalized spacial score (nSPS) is 16.0. The average Bonchev–Trinajstić information content (AvgIpc) is 3.42. The van der Waals surface area contributed by atoms with Crippen LogP contribution in [0.5, 0.6) is 0 Å². The van der Waals surface area contributed by atoms with Gasteiger partial charge in [0.2, 0.25) is 17.6 Å². The van der Waals surface area contributed by atoms with Crippen molar-refractivity contribution >= 4 is 28.7 Å². The Hall–Kier alpha value is -3.49. The molecule has 0 saturated carbocycles. The minimum absolute atomic E-state index is 0.102. The molecule has 31 heavy (non-hydrogen) atoms. The summed E-state index contributed by atoms with van der Waals surface area (Å²) in [4.78, 5) is 35.5. The molecule has 0 bridgehead atoms. The van der Waals surface area contributed by atoms with E-state index in [4.69, 9.17) is 9.15 Å². The van der Waals surface area contributed by atoms with Gasteiger partial charge in [0.05, 0.1) is 24.4 Å². The van der Waals surface area contributed by atoms with E-state index in [1.165, 1.54) is 18.2 Å². The summed E-state index contributed by atoms with van der Waals surface area (Å²) in [5, 5.41) is 3.50. The minimum Gasteiger partial charge on any atom is -0.460 e. The van der Waals surface area contributed by atoms with Crippen LogP contribution in [0.3, 0.4) is 0 Å². The van der Waals surface area contributed by atoms with Crippen molar-refractivity contribution in [1.29, 1.82) is 0 Å². The highest BCUT2D eigenvalue weighted by atomic mass is 19.1. The fourth-order valence-corrected chi connectivity index (χ4v) is 3.72. The number of anilines is 1. The van der Waals surface area contributed by atoms with Crippen LogP contribution >= 0.6 is 0 Å². The van der Waals surface area contributed by atoms with Gasteiger partial charge in [-0.05, 0) is 57.0 Å². The van der Waals surface area contributed by atoms with Crippen LogP contribution in [0.1, 0.15) is 41.8 Å². The van der Waals surface area contributed by atoms with Gasteiger partial charge in [-0.3, -0.25) is 4.79 Å². The van der Waals surface area contributed by atoms with Crippen molar-refractivity contribution in [3.63, 3.8) is 0 Å². The zero-order valence-electron chi connectivity index (χ0n) is 17.4. The summed E-state index contributed by atoms with van der Waals surface area (Å²) in [7, 11) is 0. The number of furan rings is 1. The molecule has 3 heterocycles. The first-order chi connectivity index (χ1) is 15.0. The molecule has 3 aromatic rings. The summed E-state index contributed by atoms with van der Waals surface area (Å²) in [6.45, 7) is 4.58. The summed E-state index contributed by atoms with van der Waals surface area (Å²) in [5.41, 5.74) is 1.30. The largest absolute Gasteiger partial charge is 0.460 e. The van der Waals surface area contributed by atoms with E-state index in [1.807, 2.05) is 4.90 Å². The number of carbonyl (C=O) groups is 2. The van der Waals surface area contributed by atoms with E-state index in [-0.39, 0.29) is 30.6 Å². The monoisotopic (exact) mass is 426 g/mol. The Morgan fingerprint density at radius 2 is 2.13 bits per heavy atom. The number of amides is 1. The first-order valence-electron chi connectivity index (χ1n) is 10.2. The van der Waals surface area contributed by atoms with Gasteiger partial charge in [0.1, 0.15) is 17.6 Å². The number of ether oxygens (including phenoxy) is 1. The Morgan fingerprint density at radius 3 is 2.94 bits per heavy atom. The van der Waals surface area contributed by atoms with Crippen LogP contribution in [0.15, 0.2) is 34.7 Å². The molecule has 1 aliphatic rings. The molecule has 8 nitrogen and oxygen atoms in total. The maximum Gasteiger partial charge on any atom is 0.374 e. The van der Waals surface area contributed by atoms with Gasteiger partial charge in [0.25, 0.3) is 0 Å². The van der Waals surface area contributed by atoms with Crippen molar-refractivity contribution < 1.29 is 23.1 Å². The fraction of sp³-hybridized carbons (Fsp3) is 0.364. The van der Waals surface area contributed by atoms with Crippen molar-refractivity contribution in [3.05, 3.63) is 53.4 Å². The van der Waals surface area contributed by atoms with Crippen LogP contribution < -0.4 is 10.2 Å². The molecule has 0 spiro atoms. The van der Waals surface area contributed by atoms with Gasteiger partial charge in [-0.15, -0.1) is 0 Å². The van der Waals surface area contributed by atoms with Gasteiger partial charge in [-0.25, -0.2) is 19.2 Å². The predicted molar refractivity (Wildman–Crippen MR) is 111 cm³/mol. The van der Waals surface area contributed by atoms with Gasteiger partial charge >= 0.3 is 5.97 Å². The van der Waals surface area contributed by atoms with Gasteiger partial charge in [-0.2, -0.15) is 0 Å². The molecule has 1 N–H and O–H groups in total. The van der Waals surface area contributed by atoms with E-state index >= 15 is 0 Å². The molecule has 0 aliphatic carbocycles. The van der Waals surface area contributed by atoms with E-state index in [0.717, 1.165) is 6.42 Å². The molecule has 162 valence electrons. The first kappa shape index (κ1) is 20.8. The summed E-state index contributed by atoms with van der Waals surface area (Å²) in [5.74, 6) is -0.0325. The number of nitrogens with zero attached hydrogens (tertiary/aromatic N) is 3. The Balaban J connectivity index is 1.46. The van der Waals surface area contributed by atoms with Crippen LogP contribution in [0.2, 0.25) is 0 Å². The van der Waals surface area contributed by atoms with Crippen molar-refractivity contribution in [1.82, 2.24) is 15.3 Å². The lowest BCUT2D eigenvalue weighted by Crippen LogP contribution is -2.43. The summed E-state index contributed by atoms with van der Waals surface area (Å²) < 4.78 is 23.9. The maximum absolute atomic E-state index is 13.5. The van der Waals surface area contributed by atoms with Crippen LogP contribution in [0, 0.1) is 12.7 Å². The summed E-state index contributed by atoms with van der Waals surface area (Å²) >= 11 is 0. The van der Waals surface area contributed by atoms with Gasteiger partial charge in [0.15, 0.2) is 0 Å². The molecule has 1 unspecified atom stereocenters. The molecular weight excluding hydrogens is 403 g/mol. The lowest BCUT2D eigenvalue weighted by atomic mass is 10.2. The fourth-order valence-electron chi connectivity index (χ4n) is 3.72. The Morgan fingerprint density at radius 1 is 1.29 bits per heavy atom. The second-order valence-electron chi connectivity index (χ2n) is 7.33. The van der Waals surface area contributed by atoms with Crippen molar-refractivity contribution in [2.45, 2.75) is 39.3 Å². The van der Waals surface area contributed by atoms with E-state index < -0.39 is 12.0 Å². The quantitative estimate of drug-likeness (QED) is 0.605. The van der Waals surface area contributed by atoms with Crippen LogP contribution in [0.4, 0.5) is 10.3 Å². The average molecular weight is 426 g/mol. The lowest BCUT2D eigenvalue weighted by molar-refractivity contribution is -0.122. The summed E-state index contributed by atoms with van der Waals surface area (Å²) in [6.07, 6.45) is 1.50. The molecule has 1 saturated heterocycles. The van der Waals surface area contributed by atoms with Crippen molar-refractivity contribution in [2.24, 2.45) is 0 Å². The minimum atomic E-state index is -0.536.